The molecule has 0 bridgehead atoms. The Morgan fingerprint density at radius 2 is 1.20 bits per heavy atom. The zero-order chi connectivity index (χ0) is 31.3. The van der Waals surface area contributed by atoms with Gasteiger partial charge in [-0.1, -0.05) is 43.5 Å². The summed E-state index contributed by atoms with van der Waals surface area (Å²) >= 11 is 13.1. The van der Waals surface area contributed by atoms with E-state index in [1.54, 1.807) is 25.6 Å². The normalized spacial score (nSPS) is 22.2. The molecule has 11 nitrogen and oxygen atoms in total. The van der Waals surface area contributed by atoms with Gasteiger partial charge in [0.2, 0.25) is 5.88 Å². The average Bonchev–Trinajstić information content (AvgIpc) is 3.03. The first-order valence-corrected chi connectivity index (χ1v) is 15.7. The molecule has 0 saturated carbocycles. The predicted molar refractivity (Wildman–Crippen MR) is 175 cm³/mol. The highest BCUT2D eigenvalue weighted by molar-refractivity contribution is 9.10. The minimum Gasteiger partial charge on any atom is -0.481 e. The lowest BCUT2D eigenvalue weighted by Crippen LogP contribution is -2.42. The van der Waals surface area contributed by atoms with Crippen LogP contribution in [0.15, 0.2) is 79.9 Å². The Hall–Kier alpha value is -3.75. The molecule has 4 aliphatic heterocycles. The Kier molecular flexibility index (Phi) is 7.69. The number of aromatic nitrogens is 2. The van der Waals surface area contributed by atoms with Crippen molar-refractivity contribution in [1.29, 1.82) is 0 Å². The molecule has 2 aromatic carbocycles. The molecule has 8 rings (SSSR count). The van der Waals surface area contributed by atoms with Crippen LogP contribution in [0.2, 0.25) is 5.15 Å². The van der Waals surface area contributed by atoms with Crippen LogP contribution >= 0.6 is 43.5 Å². The molecule has 0 amide bonds. The second kappa shape index (κ2) is 11.6. The maximum absolute atomic E-state index is 6.08. The Bertz CT molecular complexity index is 1860. The number of rotatable bonds is 1. The number of halogens is 3. The van der Waals surface area contributed by atoms with Crippen molar-refractivity contribution >= 4 is 55.1 Å². The number of nitrogens with zero attached hydrogens (tertiary/aromatic N) is 4. The first-order valence-electron chi connectivity index (χ1n) is 13.7. The van der Waals surface area contributed by atoms with Crippen molar-refractivity contribution in [3.63, 3.8) is 0 Å². The zero-order valence-corrected chi connectivity index (χ0v) is 27.6. The van der Waals surface area contributed by atoms with E-state index in [0.717, 1.165) is 36.9 Å². The third-order valence-corrected chi connectivity index (χ3v) is 8.97. The van der Waals surface area contributed by atoms with E-state index in [2.05, 4.69) is 41.8 Å². The topological polar surface area (TPSA) is 149 Å². The van der Waals surface area contributed by atoms with Crippen LogP contribution in [0, 0.1) is 0 Å². The molecule has 45 heavy (non-hydrogen) atoms. The second-order valence-corrected chi connectivity index (χ2v) is 12.8. The second-order valence-electron chi connectivity index (χ2n) is 10.6. The molecular weight excluding hydrogens is 732 g/mol. The molecule has 4 aromatic rings. The summed E-state index contributed by atoms with van der Waals surface area (Å²) < 4.78 is 30.4. The number of benzene rings is 2. The lowest BCUT2D eigenvalue weighted by molar-refractivity contribution is 0.109. The Balaban J connectivity index is 0.000000145. The summed E-state index contributed by atoms with van der Waals surface area (Å²) in [4.78, 5) is 17.8. The molecule has 4 N–H and O–H groups in total. The van der Waals surface area contributed by atoms with Gasteiger partial charge in [0, 0.05) is 37.3 Å². The number of hydrogen-bond acceptors (Lipinski definition) is 11. The summed E-state index contributed by atoms with van der Waals surface area (Å²) in [6.07, 6.45) is 3.24. The van der Waals surface area contributed by atoms with E-state index in [-0.39, 0.29) is 0 Å². The number of ether oxygens (including phenoxy) is 5. The van der Waals surface area contributed by atoms with Crippen LogP contribution < -0.4 is 25.7 Å². The molecule has 2 spiro atoms. The summed E-state index contributed by atoms with van der Waals surface area (Å²) in [5.74, 6) is 4.05. The van der Waals surface area contributed by atoms with Gasteiger partial charge in [0.15, 0.2) is 11.5 Å². The van der Waals surface area contributed by atoms with Gasteiger partial charge >= 0.3 is 0 Å². The van der Waals surface area contributed by atoms with Gasteiger partial charge in [0.25, 0.3) is 0 Å². The van der Waals surface area contributed by atoms with E-state index in [9.17, 15) is 0 Å². The lowest BCUT2D eigenvalue weighted by atomic mass is 9.81. The van der Waals surface area contributed by atoms with Crippen LogP contribution in [0.4, 0.5) is 0 Å². The fourth-order valence-electron chi connectivity index (χ4n) is 5.90. The number of methoxy groups -OCH3 is 1. The molecular formula is C31H25Br2ClN6O5. The van der Waals surface area contributed by atoms with Gasteiger partial charge < -0.3 is 35.2 Å². The molecule has 230 valence electrons. The third kappa shape index (κ3) is 5.22. The summed E-state index contributed by atoms with van der Waals surface area (Å²) in [6, 6.07) is 15.2. The van der Waals surface area contributed by atoms with E-state index in [1.165, 1.54) is 0 Å². The van der Waals surface area contributed by atoms with Crippen molar-refractivity contribution in [3.8, 4) is 28.9 Å². The van der Waals surface area contributed by atoms with Gasteiger partial charge in [-0.3, -0.25) is 9.98 Å². The Morgan fingerprint density at radius 3 is 1.71 bits per heavy atom. The van der Waals surface area contributed by atoms with Crippen LogP contribution in [-0.4, -0.2) is 55.2 Å². The summed E-state index contributed by atoms with van der Waals surface area (Å²) in [5.41, 5.74) is 13.8. The molecule has 0 saturated heterocycles. The van der Waals surface area contributed by atoms with Gasteiger partial charge in [-0.05, 0) is 42.5 Å². The minimum atomic E-state index is -0.762. The predicted octanol–water partition coefficient (Wildman–Crippen LogP) is 5.82. The van der Waals surface area contributed by atoms with Gasteiger partial charge in [0.1, 0.15) is 52.6 Å². The summed E-state index contributed by atoms with van der Waals surface area (Å²) in [5, 5.41) is 0.375. The smallest absolute Gasteiger partial charge is 0.213 e. The number of hydrogen-bond donors (Lipinski definition) is 2. The van der Waals surface area contributed by atoms with Crippen LogP contribution in [0.1, 0.15) is 22.3 Å². The van der Waals surface area contributed by atoms with E-state index in [4.69, 9.17) is 56.7 Å². The van der Waals surface area contributed by atoms with Crippen LogP contribution in [0.3, 0.4) is 0 Å². The van der Waals surface area contributed by atoms with E-state index < -0.39 is 11.1 Å². The Morgan fingerprint density at radius 1 is 0.711 bits per heavy atom. The van der Waals surface area contributed by atoms with Crippen LogP contribution in [-0.2, 0) is 20.6 Å². The molecule has 0 fully saturated rings. The number of pyridine rings is 2. The first kappa shape index (κ1) is 29.9. The fourth-order valence-corrected chi connectivity index (χ4v) is 6.78. The fraction of sp³-hybridized carbons (Fsp3) is 0.226. The highest BCUT2D eigenvalue weighted by atomic mass is 79.9. The van der Waals surface area contributed by atoms with Crippen molar-refractivity contribution in [2.75, 3.05) is 33.5 Å². The standard InChI is InChI=1S/C16H14BrN3O3.C15H11BrClN3O2/c1-21-15-5-11-13(6-19-15)23-12-3-2-9(17)4-10(12)16(11)8-22-7-14(18)20-16;16-8-1-2-11-9(3-8)15(7-21-6-14(18)20-15)10-4-13(17)19-5-12(10)22-11/h2-6H,7-8H2,1H3,(H2,18,20);1-5H,6-7H2,(H2,18,20)/t16-;15-/m00/s1. The van der Waals surface area contributed by atoms with E-state index >= 15 is 0 Å². The summed E-state index contributed by atoms with van der Waals surface area (Å²) in [7, 11) is 1.57. The van der Waals surface area contributed by atoms with E-state index in [1.807, 2.05) is 42.5 Å². The molecule has 0 aliphatic carbocycles. The van der Waals surface area contributed by atoms with Crippen LogP contribution in [0.5, 0.6) is 28.9 Å². The molecule has 0 unspecified atom stereocenters. The highest BCUT2D eigenvalue weighted by Crippen LogP contribution is 2.52. The SMILES string of the molecule is COc1cc2c(cn1)Oc1ccc(Br)cc1[C@@]21COCC(N)=N1.NC1=N[C@@]2(COC1)c1cc(Br)ccc1Oc1cnc(Cl)cc12. The number of aliphatic imine (C=N–C) groups is 2. The van der Waals surface area contributed by atoms with Crippen molar-refractivity contribution in [3.05, 3.63) is 97.3 Å². The maximum atomic E-state index is 6.08. The molecule has 14 heteroatoms. The number of nitrogens with two attached hydrogens (primary N) is 2. The van der Waals surface area contributed by atoms with Crippen molar-refractivity contribution in [2.45, 2.75) is 11.1 Å². The quantitative estimate of drug-likeness (QED) is 0.229. The highest BCUT2D eigenvalue weighted by Gasteiger charge is 2.46. The molecule has 2 aromatic heterocycles. The van der Waals surface area contributed by atoms with Gasteiger partial charge in [-0.25, -0.2) is 9.97 Å². The lowest BCUT2D eigenvalue weighted by Gasteiger charge is -2.39. The maximum Gasteiger partial charge on any atom is 0.213 e. The van der Waals surface area contributed by atoms with Gasteiger partial charge in [-0.2, -0.15) is 0 Å². The van der Waals surface area contributed by atoms with Crippen molar-refractivity contribution < 1.29 is 23.7 Å². The van der Waals surface area contributed by atoms with Crippen molar-refractivity contribution in [2.24, 2.45) is 21.5 Å². The largest absolute Gasteiger partial charge is 0.481 e. The molecule has 6 heterocycles. The summed E-state index contributed by atoms with van der Waals surface area (Å²) in [6.45, 7) is 1.39. The Labute approximate surface area is 279 Å². The molecule has 4 aliphatic rings. The molecule has 2 atom stereocenters. The zero-order valence-electron chi connectivity index (χ0n) is 23.7. The third-order valence-electron chi connectivity index (χ3n) is 7.78. The number of fused-ring (bicyclic) bond motifs is 8. The first-order chi connectivity index (χ1) is 21.7. The number of amidine groups is 2. The van der Waals surface area contributed by atoms with E-state index in [0.29, 0.717) is 66.4 Å². The van der Waals surface area contributed by atoms with Gasteiger partial charge in [0.05, 0.1) is 32.7 Å². The monoisotopic (exact) mass is 754 g/mol. The van der Waals surface area contributed by atoms with Gasteiger partial charge in [-0.15, -0.1) is 0 Å². The average molecular weight is 757 g/mol. The minimum absolute atomic E-state index is 0.320. The van der Waals surface area contributed by atoms with Crippen LogP contribution in [0.25, 0.3) is 0 Å². The van der Waals surface area contributed by atoms with Crippen molar-refractivity contribution in [1.82, 2.24) is 9.97 Å². The molecule has 0 radical (unpaired) electrons.